The summed E-state index contributed by atoms with van der Waals surface area (Å²) in [5, 5.41) is 0. The minimum absolute atomic E-state index is 0.0513. The van der Waals surface area contributed by atoms with Crippen molar-refractivity contribution < 1.29 is 19.1 Å². The van der Waals surface area contributed by atoms with Crippen molar-refractivity contribution in [3.8, 4) is 0 Å². The van der Waals surface area contributed by atoms with Crippen molar-refractivity contribution in [1.82, 2.24) is 7.00 Å². The number of pyridine rings is 1. The van der Waals surface area contributed by atoms with Crippen LogP contribution in [0, 0.1) is 0 Å². The Bertz CT molecular complexity index is 286. The standard InChI is InChI=1S/C5H5NO.C2H7N2.Pt/c7-5-3-1-2-4-6-5;3-1-2-4;/h1-4H,(H,6,7);3H,1-2,4H2;/q;-1;+2/p-1. The number of rotatable bonds is 4. The van der Waals surface area contributed by atoms with Gasteiger partial charge in [0.15, 0.2) is 0 Å². The van der Waals surface area contributed by atoms with Crippen molar-refractivity contribution >= 4 is 0 Å². The van der Waals surface area contributed by atoms with Gasteiger partial charge in [-0.05, 0) is 0 Å². The van der Waals surface area contributed by atoms with Crippen molar-refractivity contribution in [3.05, 3.63) is 34.7 Å². The molecule has 0 bridgehead atoms. The van der Waals surface area contributed by atoms with Crippen LogP contribution in [0.25, 0.3) is 0 Å². The minimum atomic E-state index is -0.437. The van der Waals surface area contributed by atoms with E-state index >= 15 is 0 Å². The van der Waals surface area contributed by atoms with Gasteiger partial charge >= 0.3 is 79.6 Å². The predicted octanol–water partition coefficient (Wildman–Crippen LogP) is -0.843. The molecule has 0 saturated heterocycles. The van der Waals surface area contributed by atoms with Crippen molar-refractivity contribution in [2.75, 3.05) is 13.1 Å². The Balaban J connectivity index is 2.52. The van der Waals surface area contributed by atoms with Crippen molar-refractivity contribution in [1.29, 1.82) is 0 Å². The first kappa shape index (κ1) is 9.64. The van der Waals surface area contributed by atoms with E-state index < -0.39 is 19.1 Å². The van der Waals surface area contributed by atoms with Gasteiger partial charge < -0.3 is 0 Å². The van der Waals surface area contributed by atoms with Crippen LogP contribution in [0.1, 0.15) is 0 Å². The Morgan fingerprint density at radius 2 is 2.42 bits per heavy atom. The number of nitrogens with two attached hydrogens (primary N) is 1. The molecule has 0 radical (unpaired) electrons. The molecule has 5 heteroatoms. The van der Waals surface area contributed by atoms with Crippen LogP contribution in [0.2, 0.25) is 0 Å². The molecule has 0 aromatic carbocycles. The molecule has 0 amide bonds. The second kappa shape index (κ2) is 5.25. The fraction of sp³-hybridized carbons (Fsp3) is 0.286. The summed E-state index contributed by atoms with van der Waals surface area (Å²) in [4.78, 5) is 11.1. The molecule has 4 nitrogen and oxygen atoms in total. The van der Waals surface area contributed by atoms with Crippen LogP contribution >= 0.6 is 0 Å². The molecule has 0 atom stereocenters. The Morgan fingerprint density at radius 3 is 3.08 bits per heavy atom. The summed E-state index contributed by atoms with van der Waals surface area (Å²) in [6.45, 7) is 1.39. The fourth-order valence-corrected chi connectivity index (χ4v) is 2.34. The van der Waals surface area contributed by atoms with Crippen LogP contribution < -0.4 is 15.2 Å². The Hall–Kier alpha value is -0.442. The molecule has 0 aliphatic heterocycles. The monoisotopic (exact) mass is 348 g/mol. The summed E-state index contributed by atoms with van der Waals surface area (Å²) in [6.07, 6.45) is 1.79. The Kier molecular flexibility index (Phi) is 4.22. The van der Waals surface area contributed by atoms with E-state index in [9.17, 15) is 4.79 Å². The third-order valence-electron chi connectivity index (χ3n) is 1.10. The van der Waals surface area contributed by atoms with Crippen LogP contribution in [0.4, 0.5) is 0 Å². The normalized spacial score (nSPS) is 10.4. The zero-order valence-corrected chi connectivity index (χ0v) is 8.74. The molecule has 0 spiro atoms. The van der Waals surface area contributed by atoms with Gasteiger partial charge in [-0.25, -0.2) is 0 Å². The topological polar surface area (TPSA) is 60.0 Å². The first-order valence-corrected chi connectivity index (χ1v) is 5.69. The van der Waals surface area contributed by atoms with E-state index in [1.165, 1.54) is 0 Å². The molecule has 0 saturated carbocycles. The summed E-state index contributed by atoms with van der Waals surface area (Å²) in [5.74, 6) is 0. The zero-order chi connectivity index (χ0) is 8.81. The first-order valence-electron chi connectivity index (χ1n) is 3.54. The van der Waals surface area contributed by atoms with E-state index in [2.05, 4.69) is 3.88 Å². The maximum absolute atomic E-state index is 11.1. The summed E-state index contributed by atoms with van der Waals surface area (Å²) in [7, 11) is 0. The number of hydrogen-bond donors (Lipinski definition) is 2. The van der Waals surface area contributed by atoms with Gasteiger partial charge in [-0.2, -0.15) is 0 Å². The number of hydrogen-bond acceptors (Lipinski definition) is 3. The summed E-state index contributed by atoms with van der Waals surface area (Å²) >= 11 is -0.437. The van der Waals surface area contributed by atoms with E-state index in [0.29, 0.717) is 6.54 Å². The van der Waals surface area contributed by atoms with Gasteiger partial charge in [0.25, 0.3) is 0 Å². The molecular weight excluding hydrogens is 337 g/mol. The summed E-state index contributed by atoms with van der Waals surface area (Å²) in [6, 6.07) is 5.15. The Labute approximate surface area is 79.9 Å². The fourth-order valence-electron chi connectivity index (χ4n) is 0.591. The van der Waals surface area contributed by atoms with Gasteiger partial charge in [0.1, 0.15) is 0 Å². The molecular formula is C7H11N3OPt. The molecule has 1 aromatic heterocycles. The molecule has 1 rings (SSSR count). The van der Waals surface area contributed by atoms with Crippen molar-refractivity contribution in [2.24, 2.45) is 5.73 Å². The molecule has 0 unspecified atom stereocenters. The molecule has 12 heavy (non-hydrogen) atoms. The van der Waals surface area contributed by atoms with Gasteiger partial charge in [0.2, 0.25) is 0 Å². The Morgan fingerprint density at radius 1 is 1.58 bits per heavy atom. The van der Waals surface area contributed by atoms with Gasteiger partial charge in [-0.1, -0.05) is 0 Å². The van der Waals surface area contributed by atoms with E-state index in [1.54, 1.807) is 21.5 Å². The van der Waals surface area contributed by atoms with Crippen molar-refractivity contribution in [2.45, 2.75) is 0 Å². The predicted molar refractivity (Wildman–Crippen MR) is 43.2 cm³/mol. The van der Waals surface area contributed by atoms with E-state index in [-0.39, 0.29) is 5.56 Å². The zero-order valence-electron chi connectivity index (χ0n) is 6.47. The average Bonchev–Trinajstić information content (AvgIpc) is 2.09. The third-order valence-corrected chi connectivity index (χ3v) is 3.42. The SMILES string of the molecule is NCC[NH][Pt][n]1ccccc1=O. The second-order valence-electron chi connectivity index (χ2n) is 2.04. The summed E-state index contributed by atoms with van der Waals surface area (Å²) in [5.41, 5.74) is 5.35. The molecule has 1 aromatic rings. The van der Waals surface area contributed by atoms with Crippen LogP contribution in [0.5, 0.6) is 0 Å². The number of nitrogens with zero attached hydrogens (tertiary/aromatic N) is 1. The second-order valence-corrected chi connectivity index (χ2v) is 4.45. The number of nitrogens with one attached hydrogen (secondary N) is 1. The average molecular weight is 348 g/mol. The van der Waals surface area contributed by atoms with Gasteiger partial charge in [0.05, 0.1) is 0 Å². The molecule has 0 aliphatic carbocycles. The maximum atomic E-state index is 11.1. The van der Waals surface area contributed by atoms with Gasteiger partial charge in [0, 0.05) is 0 Å². The first-order chi connectivity index (χ1) is 5.84. The van der Waals surface area contributed by atoms with Crippen LogP contribution in [-0.4, -0.2) is 16.2 Å². The van der Waals surface area contributed by atoms with E-state index in [0.717, 1.165) is 6.54 Å². The van der Waals surface area contributed by atoms with Gasteiger partial charge in [-0.15, -0.1) is 0 Å². The molecule has 70 valence electrons. The number of aromatic nitrogens is 1. The van der Waals surface area contributed by atoms with E-state index in [1.807, 2.05) is 6.07 Å². The quantitative estimate of drug-likeness (QED) is 0.698. The van der Waals surface area contributed by atoms with Crippen LogP contribution in [-0.2, 0) is 19.1 Å². The van der Waals surface area contributed by atoms with Crippen LogP contribution in [0.3, 0.4) is 0 Å². The van der Waals surface area contributed by atoms with Crippen molar-refractivity contribution in [3.63, 3.8) is 0 Å². The van der Waals surface area contributed by atoms with E-state index in [4.69, 9.17) is 5.73 Å². The molecule has 3 N–H and O–H groups in total. The van der Waals surface area contributed by atoms with Crippen LogP contribution in [0.15, 0.2) is 29.2 Å². The van der Waals surface area contributed by atoms with Gasteiger partial charge in [-0.3, -0.25) is 0 Å². The third kappa shape index (κ3) is 2.89. The molecule has 0 fully saturated rings. The molecule has 1 heterocycles. The summed E-state index contributed by atoms with van der Waals surface area (Å²) < 4.78 is 4.85. The molecule has 0 aliphatic rings.